The Morgan fingerprint density at radius 3 is 2.29 bits per heavy atom. The molecule has 2 aromatic carbocycles. The molecule has 1 atom stereocenters. The standard InChI is InChI=1S/C26H37N3O5S/c1-18-12-13-23(19(2)14-18)29(35(8,32)33)17-24(30)28(20(3)25(31)27-26(4,5)6)16-21-10-9-11-22(15-21)34-7/h9-15,20H,16-17H2,1-8H3,(H,27,31)/t20-/m1/s1. The second kappa shape index (κ2) is 11.1. The Morgan fingerprint density at radius 1 is 1.09 bits per heavy atom. The van der Waals surface area contributed by atoms with Crippen LogP contribution in [0.5, 0.6) is 5.75 Å². The van der Waals surface area contributed by atoms with Crippen LogP contribution >= 0.6 is 0 Å². The fourth-order valence-electron chi connectivity index (χ4n) is 3.70. The molecule has 0 heterocycles. The van der Waals surface area contributed by atoms with E-state index >= 15 is 0 Å². The van der Waals surface area contributed by atoms with Crippen molar-refractivity contribution in [2.45, 2.75) is 59.7 Å². The number of benzene rings is 2. The van der Waals surface area contributed by atoms with Gasteiger partial charge in [-0.3, -0.25) is 13.9 Å². The average molecular weight is 504 g/mol. The summed E-state index contributed by atoms with van der Waals surface area (Å²) in [5, 5.41) is 2.90. The van der Waals surface area contributed by atoms with E-state index in [4.69, 9.17) is 4.74 Å². The number of methoxy groups -OCH3 is 1. The van der Waals surface area contributed by atoms with Crippen LogP contribution in [0.25, 0.3) is 0 Å². The molecule has 0 aliphatic carbocycles. The number of rotatable bonds is 9. The van der Waals surface area contributed by atoms with Crippen LogP contribution in [0.1, 0.15) is 44.4 Å². The Kier molecular flexibility index (Phi) is 8.94. The number of carbonyl (C=O) groups excluding carboxylic acids is 2. The zero-order chi connectivity index (χ0) is 26.6. The summed E-state index contributed by atoms with van der Waals surface area (Å²) < 4.78 is 31.8. The maximum atomic E-state index is 13.6. The number of anilines is 1. The van der Waals surface area contributed by atoms with E-state index in [9.17, 15) is 18.0 Å². The highest BCUT2D eigenvalue weighted by Gasteiger charge is 2.31. The van der Waals surface area contributed by atoms with Gasteiger partial charge >= 0.3 is 0 Å². The predicted molar refractivity (Wildman–Crippen MR) is 139 cm³/mol. The van der Waals surface area contributed by atoms with Crippen molar-refractivity contribution in [2.24, 2.45) is 0 Å². The molecule has 0 saturated heterocycles. The average Bonchev–Trinajstić information content (AvgIpc) is 2.74. The first-order chi connectivity index (χ1) is 16.1. The number of amides is 2. The van der Waals surface area contributed by atoms with Gasteiger partial charge in [0, 0.05) is 12.1 Å². The van der Waals surface area contributed by atoms with E-state index in [1.54, 1.807) is 51.3 Å². The second-order valence-corrected chi connectivity index (χ2v) is 11.8. The SMILES string of the molecule is COc1cccc(CN(C(=O)CN(c2ccc(C)cc2C)S(C)(=O)=O)[C@H](C)C(=O)NC(C)(C)C)c1. The molecule has 0 unspecified atom stereocenters. The van der Waals surface area contributed by atoms with Crippen molar-refractivity contribution < 1.29 is 22.7 Å². The third kappa shape index (κ3) is 7.99. The maximum Gasteiger partial charge on any atom is 0.244 e. The van der Waals surface area contributed by atoms with Crippen LogP contribution in [-0.4, -0.2) is 56.6 Å². The van der Waals surface area contributed by atoms with Gasteiger partial charge in [0.2, 0.25) is 21.8 Å². The van der Waals surface area contributed by atoms with Gasteiger partial charge in [-0.15, -0.1) is 0 Å². The molecule has 2 amide bonds. The molecule has 192 valence electrons. The molecule has 2 aromatic rings. The van der Waals surface area contributed by atoms with E-state index in [0.717, 1.165) is 27.3 Å². The van der Waals surface area contributed by atoms with E-state index in [0.29, 0.717) is 11.4 Å². The lowest BCUT2D eigenvalue weighted by Crippen LogP contribution is -2.54. The highest BCUT2D eigenvalue weighted by atomic mass is 32.2. The Bertz CT molecular complexity index is 1170. The lowest BCUT2D eigenvalue weighted by molar-refractivity contribution is -0.140. The summed E-state index contributed by atoms with van der Waals surface area (Å²) in [6.07, 6.45) is 1.07. The van der Waals surface area contributed by atoms with Crippen molar-refractivity contribution in [1.82, 2.24) is 10.2 Å². The minimum absolute atomic E-state index is 0.110. The maximum absolute atomic E-state index is 13.6. The van der Waals surface area contributed by atoms with Crippen molar-refractivity contribution >= 4 is 27.5 Å². The first-order valence-electron chi connectivity index (χ1n) is 11.4. The third-order valence-electron chi connectivity index (χ3n) is 5.45. The molecule has 0 fully saturated rings. The Morgan fingerprint density at radius 2 is 1.74 bits per heavy atom. The fraction of sp³-hybridized carbons (Fsp3) is 0.462. The predicted octanol–water partition coefficient (Wildman–Crippen LogP) is 3.41. The van der Waals surface area contributed by atoms with Gasteiger partial charge in [-0.05, 0) is 70.9 Å². The van der Waals surface area contributed by atoms with Crippen molar-refractivity contribution in [3.8, 4) is 5.75 Å². The molecule has 0 spiro atoms. The van der Waals surface area contributed by atoms with E-state index < -0.39 is 34.1 Å². The smallest absolute Gasteiger partial charge is 0.244 e. The number of hydrogen-bond acceptors (Lipinski definition) is 5. The van der Waals surface area contributed by atoms with E-state index in [-0.39, 0.29) is 12.5 Å². The van der Waals surface area contributed by atoms with Crippen molar-refractivity contribution in [2.75, 3.05) is 24.2 Å². The number of hydrogen-bond donors (Lipinski definition) is 1. The molecular weight excluding hydrogens is 466 g/mol. The van der Waals surface area contributed by atoms with Crippen molar-refractivity contribution in [3.63, 3.8) is 0 Å². The van der Waals surface area contributed by atoms with E-state index in [1.165, 1.54) is 4.90 Å². The summed E-state index contributed by atoms with van der Waals surface area (Å²) in [5.41, 5.74) is 2.41. The number of sulfonamides is 1. The monoisotopic (exact) mass is 503 g/mol. The van der Waals surface area contributed by atoms with Gasteiger partial charge in [-0.1, -0.05) is 29.8 Å². The Hall–Kier alpha value is -3.07. The van der Waals surface area contributed by atoms with Crippen LogP contribution in [0.2, 0.25) is 0 Å². The molecule has 0 bridgehead atoms. The zero-order valence-electron chi connectivity index (χ0n) is 21.9. The molecule has 0 aliphatic rings. The molecule has 0 aliphatic heterocycles. The largest absolute Gasteiger partial charge is 0.497 e. The Labute approximate surface area is 209 Å². The number of ether oxygens (including phenoxy) is 1. The van der Waals surface area contributed by atoms with Gasteiger partial charge in [0.05, 0.1) is 19.1 Å². The summed E-state index contributed by atoms with van der Waals surface area (Å²) in [5.74, 6) is -0.198. The molecule has 2 rings (SSSR count). The molecule has 8 nitrogen and oxygen atoms in total. The highest BCUT2D eigenvalue weighted by molar-refractivity contribution is 7.92. The van der Waals surface area contributed by atoms with Crippen molar-refractivity contribution in [3.05, 3.63) is 59.2 Å². The van der Waals surface area contributed by atoms with Crippen LogP contribution in [-0.2, 0) is 26.2 Å². The summed E-state index contributed by atoms with van der Waals surface area (Å²) in [6.45, 7) is 10.6. The lowest BCUT2D eigenvalue weighted by atomic mass is 10.1. The van der Waals surface area contributed by atoms with E-state index in [1.807, 2.05) is 39.8 Å². The van der Waals surface area contributed by atoms with Gasteiger partial charge in [0.15, 0.2) is 0 Å². The van der Waals surface area contributed by atoms with Gasteiger partial charge < -0.3 is 15.0 Å². The van der Waals surface area contributed by atoms with Crippen LogP contribution < -0.4 is 14.4 Å². The quantitative estimate of drug-likeness (QED) is 0.566. The zero-order valence-corrected chi connectivity index (χ0v) is 22.7. The summed E-state index contributed by atoms with van der Waals surface area (Å²) in [7, 11) is -2.22. The number of nitrogens with zero attached hydrogens (tertiary/aromatic N) is 2. The van der Waals surface area contributed by atoms with E-state index in [2.05, 4.69) is 5.32 Å². The summed E-state index contributed by atoms with van der Waals surface area (Å²) in [6, 6.07) is 11.7. The number of carbonyl (C=O) groups is 2. The normalized spacial score (nSPS) is 12.6. The third-order valence-corrected chi connectivity index (χ3v) is 6.58. The van der Waals surface area contributed by atoms with Crippen LogP contribution in [0.15, 0.2) is 42.5 Å². The molecule has 1 N–H and O–H groups in total. The van der Waals surface area contributed by atoms with Crippen LogP contribution in [0.3, 0.4) is 0 Å². The highest BCUT2D eigenvalue weighted by Crippen LogP contribution is 2.24. The molecule has 9 heteroatoms. The molecule has 0 aromatic heterocycles. The van der Waals surface area contributed by atoms with Crippen LogP contribution in [0.4, 0.5) is 5.69 Å². The van der Waals surface area contributed by atoms with Crippen LogP contribution in [0, 0.1) is 13.8 Å². The number of aryl methyl sites for hydroxylation is 2. The van der Waals surface area contributed by atoms with Crippen molar-refractivity contribution in [1.29, 1.82) is 0 Å². The first-order valence-corrected chi connectivity index (χ1v) is 13.3. The lowest BCUT2D eigenvalue weighted by Gasteiger charge is -2.33. The van der Waals surface area contributed by atoms with Gasteiger partial charge in [0.1, 0.15) is 18.3 Å². The minimum Gasteiger partial charge on any atom is -0.497 e. The molecule has 35 heavy (non-hydrogen) atoms. The fourth-order valence-corrected chi connectivity index (χ4v) is 4.61. The molecule has 0 radical (unpaired) electrons. The van der Waals surface area contributed by atoms with Gasteiger partial charge in [0.25, 0.3) is 0 Å². The first kappa shape index (κ1) is 28.2. The van der Waals surface area contributed by atoms with Gasteiger partial charge in [-0.2, -0.15) is 0 Å². The second-order valence-electron chi connectivity index (χ2n) is 9.85. The summed E-state index contributed by atoms with van der Waals surface area (Å²) >= 11 is 0. The molecular formula is C26H37N3O5S. The number of nitrogens with one attached hydrogen (secondary N) is 1. The minimum atomic E-state index is -3.77. The summed E-state index contributed by atoms with van der Waals surface area (Å²) in [4.78, 5) is 28.0. The Balaban J connectivity index is 2.45. The topological polar surface area (TPSA) is 96.0 Å². The van der Waals surface area contributed by atoms with Gasteiger partial charge in [-0.25, -0.2) is 8.42 Å². The molecule has 0 saturated carbocycles.